The average Bonchev–Trinajstić information content (AvgIpc) is 3.68. The van der Waals surface area contributed by atoms with Crippen molar-refractivity contribution < 1.29 is 0 Å². The van der Waals surface area contributed by atoms with Gasteiger partial charge in [-0.05, 0) is 66.7 Å². The highest BCUT2D eigenvalue weighted by Gasteiger charge is 2.27. The molecule has 0 saturated carbocycles. The van der Waals surface area contributed by atoms with Gasteiger partial charge in [-0.25, -0.2) is 0 Å². The van der Waals surface area contributed by atoms with E-state index in [4.69, 9.17) is 0 Å². The maximum absolute atomic E-state index is 4.59. The summed E-state index contributed by atoms with van der Waals surface area (Å²) in [6.07, 6.45) is 11.6. The van der Waals surface area contributed by atoms with Crippen LogP contribution in [-0.2, 0) is 6.54 Å². The van der Waals surface area contributed by atoms with Crippen molar-refractivity contribution in [1.82, 2.24) is 25.1 Å². The maximum atomic E-state index is 4.59. The molecule has 36 heavy (non-hydrogen) atoms. The van der Waals surface area contributed by atoms with Crippen LogP contribution in [-0.4, -0.2) is 38.2 Å². The summed E-state index contributed by atoms with van der Waals surface area (Å²) in [6.45, 7) is 3.33. The highest BCUT2D eigenvalue weighted by atomic mass is 32.1. The number of nitrogens with zero attached hydrogens (tertiary/aromatic N) is 4. The van der Waals surface area contributed by atoms with Crippen molar-refractivity contribution in [2.45, 2.75) is 32.0 Å². The van der Waals surface area contributed by atoms with E-state index in [-0.39, 0.29) is 6.17 Å². The topological polar surface area (TPSA) is 81.8 Å². The number of fused-ring (bicyclic) bond motifs is 2. The molecule has 180 valence electrons. The number of nitrogens with one attached hydrogen (secondary N) is 3. The average molecular weight is 494 g/mol. The van der Waals surface area contributed by atoms with E-state index in [0.717, 1.165) is 51.2 Å². The Morgan fingerprint density at radius 1 is 0.917 bits per heavy atom. The van der Waals surface area contributed by atoms with Crippen LogP contribution in [0.4, 0.5) is 11.4 Å². The molecule has 0 amide bonds. The SMILES string of the molecule is c1csc(-c2cncc3c2NC(c2[nH]nc4ccc(-c5cncc(CN6CCCCC6)c5)cc24)N3)c1. The second-order valence-electron chi connectivity index (χ2n) is 9.60. The number of anilines is 2. The molecule has 2 aliphatic rings. The predicted molar refractivity (Wildman–Crippen MR) is 146 cm³/mol. The summed E-state index contributed by atoms with van der Waals surface area (Å²) in [6, 6.07) is 12.9. The molecular weight excluding hydrogens is 466 g/mol. The van der Waals surface area contributed by atoms with Gasteiger partial charge in [0.25, 0.3) is 0 Å². The molecule has 6 heterocycles. The summed E-state index contributed by atoms with van der Waals surface area (Å²) < 4.78 is 0. The molecule has 1 unspecified atom stereocenters. The quantitative estimate of drug-likeness (QED) is 0.268. The smallest absolute Gasteiger partial charge is 0.141 e. The van der Waals surface area contributed by atoms with E-state index in [9.17, 15) is 0 Å². The predicted octanol–water partition coefficient (Wildman–Crippen LogP) is 6.27. The number of aromatic nitrogens is 4. The fourth-order valence-corrected chi connectivity index (χ4v) is 6.10. The minimum atomic E-state index is -0.119. The van der Waals surface area contributed by atoms with Gasteiger partial charge in [-0.1, -0.05) is 18.6 Å². The van der Waals surface area contributed by atoms with Crippen molar-refractivity contribution >= 4 is 33.6 Å². The van der Waals surface area contributed by atoms with Crippen molar-refractivity contribution in [3.8, 4) is 21.6 Å². The molecule has 1 aromatic carbocycles. The van der Waals surface area contributed by atoms with Crippen LogP contribution in [0.2, 0.25) is 0 Å². The molecule has 1 fully saturated rings. The molecule has 1 saturated heterocycles. The third kappa shape index (κ3) is 3.92. The Hall–Kier alpha value is -3.75. The second kappa shape index (κ2) is 9.04. The van der Waals surface area contributed by atoms with Crippen LogP contribution in [0.25, 0.3) is 32.5 Å². The monoisotopic (exact) mass is 493 g/mol. The number of benzene rings is 1. The van der Waals surface area contributed by atoms with E-state index in [1.165, 1.54) is 42.8 Å². The van der Waals surface area contributed by atoms with Crippen molar-refractivity contribution in [2.75, 3.05) is 23.7 Å². The first-order valence-corrected chi connectivity index (χ1v) is 13.4. The van der Waals surface area contributed by atoms with Crippen LogP contribution in [0.5, 0.6) is 0 Å². The maximum Gasteiger partial charge on any atom is 0.141 e. The van der Waals surface area contributed by atoms with E-state index in [1.54, 1.807) is 11.3 Å². The number of H-pyrrole nitrogens is 1. The zero-order valence-electron chi connectivity index (χ0n) is 19.9. The molecule has 0 bridgehead atoms. The molecule has 1 atom stereocenters. The lowest BCUT2D eigenvalue weighted by molar-refractivity contribution is 0.220. The highest BCUT2D eigenvalue weighted by Crippen LogP contribution is 2.43. The molecule has 5 aromatic rings. The third-order valence-electron chi connectivity index (χ3n) is 7.18. The number of hydrogen-bond acceptors (Lipinski definition) is 7. The molecule has 2 aliphatic heterocycles. The first-order valence-electron chi connectivity index (χ1n) is 12.5. The minimum absolute atomic E-state index is 0.119. The van der Waals surface area contributed by atoms with Crippen molar-refractivity contribution in [3.63, 3.8) is 0 Å². The summed E-state index contributed by atoms with van der Waals surface area (Å²) in [5.41, 5.74) is 8.70. The first-order chi connectivity index (χ1) is 17.8. The van der Waals surface area contributed by atoms with Gasteiger partial charge in [0.2, 0.25) is 0 Å². The van der Waals surface area contributed by atoms with Crippen molar-refractivity contribution in [3.05, 3.63) is 77.8 Å². The largest absolute Gasteiger partial charge is 0.358 e. The lowest BCUT2D eigenvalue weighted by Crippen LogP contribution is -2.29. The van der Waals surface area contributed by atoms with Gasteiger partial charge in [0.15, 0.2) is 0 Å². The van der Waals surface area contributed by atoms with Gasteiger partial charge in [-0.3, -0.25) is 20.0 Å². The van der Waals surface area contributed by atoms with Crippen molar-refractivity contribution in [2.24, 2.45) is 0 Å². The number of aromatic amines is 1. The van der Waals surface area contributed by atoms with Gasteiger partial charge in [-0.2, -0.15) is 5.10 Å². The van der Waals surface area contributed by atoms with Crippen LogP contribution in [0.3, 0.4) is 0 Å². The Morgan fingerprint density at radius 2 is 1.83 bits per heavy atom. The Morgan fingerprint density at radius 3 is 2.72 bits per heavy atom. The van der Waals surface area contributed by atoms with Crippen molar-refractivity contribution in [1.29, 1.82) is 0 Å². The number of likely N-dealkylation sites (tertiary alicyclic amines) is 1. The molecular formula is C28H27N7S. The molecule has 7 rings (SSSR count). The van der Waals surface area contributed by atoms with Gasteiger partial charge in [0.1, 0.15) is 6.17 Å². The second-order valence-corrected chi connectivity index (χ2v) is 10.5. The van der Waals surface area contributed by atoms with Gasteiger partial charge in [0.05, 0.1) is 28.8 Å². The first kappa shape index (κ1) is 21.5. The van der Waals surface area contributed by atoms with E-state index in [0.29, 0.717) is 0 Å². The Labute approximate surface area is 213 Å². The van der Waals surface area contributed by atoms with E-state index < -0.39 is 0 Å². The molecule has 4 aromatic heterocycles. The Kier molecular flexibility index (Phi) is 5.40. The summed E-state index contributed by atoms with van der Waals surface area (Å²) in [5.74, 6) is 0. The molecule has 0 radical (unpaired) electrons. The van der Waals surface area contributed by atoms with Gasteiger partial charge >= 0.3 is 0 Å². The molecule has 7 nitrogen and oxygen atoms in total. The molecule has 0 spiro atoms. The fourth-order valence-electron chi connectivity index (χ4n) is 5.36. The highest BCUT2D eigenvalue weighted by molar-refractivity contribution is 7.13. The summed E-state index contributed by atoms with van der Waals surface area (Å²) in [5, 5.41) is 18.3. The third-order valence-corrected chi connectivity index (χ3v) is 8.08. The normalized spacial score (nSPS) is 17.6. The van der Waals surface area contributed by atoms with E-state index >= 15 is 0 Å². The standard InChI is InChI=1S/C28H27N7S/c1-2-8-35(9-3-1)17-18-11-20(14-29-13-18)19-6-7-23-21(12-19)27(34-33-23)28-31-24-16-30-15-22(26(24)32-28)25-5-4-10-36-25/h4-7,10-16,28,31-32H,1-3,8-9,17H2,(H,33,34). The van der Waals surface area contributed by atoms with Crippen LogP contribution in [0, 0.1) is 0 Å². The minimum Gasteiger partial charge on any atom is -0.358 e. The van der Waals surface area contributed by atoms with Crippen LogP contribution in [0.15, 0.2) is 66.6 Å². The van der Waals surface area contributed by atoms with E-state index in [1.807, 2.05) is 24.8 Å². The molecule has 0 aliphatic carbocycles. The zero-order valence-corrected chi connectivity index (χ0v) is 20.7. The lowest BCUT2D eigenvalue weighted by atomic mass is 10.0. The summed E-state index contributed by atoms with van der Waals surface area (Å²) in [4.78, 5) is 12.8. The number of piperidine rings is 1. The number of thiophene rings is 1. The van der Waals surface area contributed by atoms with Crippen LogP contribution < -0.4 is 10.6 Å². The molecule has 3 N–H and O–H groups in total. The van der Waals surface area contributed by atoms with Crippen LogP contribution in [0.1, 0.15) is 36.7 Å². The summed E-state index contributed by atoms with van der Waals surface area (Å²) >= 11 is 1.72. The van der Waals surface area contributed by atoms with E-state index in [2.05, 4.69) is 77.5 Å². The Bertz CT molecular complexity index is 1520. The van der Waals surface area contributed by atoms with Crippen LogP contribution >= 0.6 is 11.3 Å². The number of rotatable bonds is 5. The van der Waals surface area contributed by atoms with Gasteiger partial charge < -0.3 is 10.6 Å². The Balaban J connectivity index is 1.19. The fraction of sp³-hybridized carbons (Fsp3) is 0.250. The van der Waals surface area contributed by atoms with Gasteiger partial charge in [0, 0.05) is 46.5 Å². The number of hydrogen-bond donors (Lipinski definition) is 3. The number of pyridine rings is 2. The molecule has 8 heteroatoms. The zero-order chi connectivity index (χ0) is 23.9. The summed E-state index contributed by atoms with van der Waals surface area (Å²) in [7, 11) is 0. The lowest BCUT2D eigenvalue weighted by Gasteiger charge is -2.26. The van der Waals surface area contributed by atoms with Gasteiger partial charge in [-0.15, -0.1) is 11.3 Å².